The molecule has 38 heavy (non-hydrogen) atoms. The van der Waals surface area contributed by atoms with E-state index in [4.69, 9.17) is 29.0 Å². The molecule has 1 unspecified atom stereocenters. The number of rotatable bonds is 3. The molecule has 4 heterocycles. The van der Waals surface area contributed by atoms with Crippen molar-refractivity contribution >= 4 is 18.0 Å². The van der Waals surface area contributed by atoms with E-state index in [1.165, 1.54) is 5.56 Å². The molecule has 0 amide bonds. The summed E-state index contributed by atoms with van der Waals surface area (Å²) in [5.74, 6) is -4.91. The molecule has 2 aromatic heterocycles. The van der Waals surface area contributed by atoms with E-state index in [-0.39, 0.29) is 5.60 Å². The smallest absolute Gasteiger partial charge is 0.475 e. The van der Waals surface area contributed by atoms with E-state index in [1.54, 1.807) is 0 Å². The number of anilines is 1. The standard InChI is InChI=1S/C17H23N5O2.2C2HF3O2/c1-14-19-20-16(24-14)22-7-3-5-17(13-22)12-21(8-9-23-17)11-15-4-2-6-18-10-15;2*3-2(4,5)1(6)7/h2,4,6,10H,3,5,7-9,11-13H2,1H3;2*(H,6,7). The van der Waals surface area contributed by atoms with Crippen LogP contribution in [0.5, 0.6) is 0 Å². The molecule has 0 bridgehead atoms. The Hall–Kier alpha value is -3.47. The van der Waals surface area contributed by atoms with Gasteiger partial charge in [0.05, 0.1) is 18.8 Å². The average Bonchev–Trinajstić information content (AvgIpc) is 3.26. The summed E-state index contributed by atoms with van der Waals surface area (Å²) in [6, 6.07) is 4.73. The summed E-state index contributed by atoms with van der Waals surface area (Å²) in [7, 11) is 0. The van der Waals surface area contributed by atoms with Gasteiger partial charge >= 0.3 is 30.3 Å². The SMILES string of the molecule is Cc1nnc(N2CCCC3(CN(Cc4cccnc4)CCO3)C2)o1.O=C(O)C(F)(F)F.O=C(O)C(F)(F)F. The van der Waals surface area contributed by atoms with Crippen LogP contribution >= 0.6 is 0 Å². The predicted octanol–water partition coefficient (Wildman–Crippen LogP) is 2.91. The second-order valence-electron chi connectivity index (χ2n) is 8.34. The Morgan fingerprint density at radius 1 is 1.05 bits per heavy atom. The number of halogens is 6. The first-order valence-electron chi connectivity index (χ1n) is 11.0. The summed E-state index contributed by atoms with van der Waals surface area (Å²) in [5.41, 5.74) is 1.09. The number of hydrogen-bond donors (Lipinski definition) is 2. The van der Waals surface area contributed by atoms with Gasteiger partial charge in [-0.2, -0.15) is 26.3 Å². The summed E-state index contributed by atoms with van der Waals surface area (Å²) in [5, 5.41) is 22.4. The van der Waals surface area contributed by atoms with E-state index >= 15 is 0 Å². The summed E-state index contributed by atoms with van der Waals surface area (Å²) in [6.07, 6.45) is -4.27. The zero-order chi connectivity index (χ0) is 28.6. The molecule has 17 heteroatoms. The lowest BCUT2D eigenvalue weighted by Gasteiger charge is -2.47. The third-order valence-electron chi connectivity index (χ3n) is 5.27. The Bertz CT molecular complexity index is 1020. The number of carboxylic acids is 2. The highest BCUT2D eigenvalue weighted by Crippen LogP contribution is 2.31. The molecule has 0 aliphatic carbocycles. The Balaban J connectivity index is 0.000000301. The fraction of sp³-hybridized carbons (Fsp3) is 0.571. The Kier molecular flexibility index (Phi) is 10.4. The van der Waals surface area contributed by atoms with Gasteiger partial charge in [0, 0.05) is 45.5 Å². The van der Waals surface area contributed by atoms with Gasteiger partial charge in [-0.1, -0.05) is 11.2 Å². The van der Waals surface area contributed by atoms with Gasteiger partial charge < -0.3 is 24.3 Å². The van der Waals surface area contributed by atoms with Crippen molar-refractivity contribution in [2.24, 2.45) is 0 Å². The molecule has 4 rings (SSSR count). The number of ether oxygens (including phenoxy) is 1. The van der Waals surface area contributed by atoms with Crippen LogP contribution in [0, 0.1) is 6.92 Å². The Morgan fingerprint density at radius 2 is 1.68 bits per heavy atom. The Labute approximate surface area is 212 Å². The average molecular weight is 557 g/mol. The number of alkyl halides is 6. The zero-order valence-electron chi connectivity index (χ0n) is 20.0. The molecule has 0 aromatic carbocycles. The van der Waals surface area contributed by atoms with Crippen molar-refractivity contribution in [1.29, 1.82) is 0 Å². The lowest BCUT2D eigenvalue weighted by atomic mass is 9.90. The van der Waals surface area contributed by atoms with E-state index < -0.39 is 24.3 Å². The topological polar surface area (TPSA) is 142 Å². The van der Waals surface area contributed by atoms with Gasteiger partial charge in [0.25, 0.3) is 0 Å². The predicted molar refractivity (Wildman–Crippen MR) is 116 cm³/mol. The van der Waals surface area contributed by atoms with Crippen LogP contribution in [0.3, 0.4) is 0 Å². The van der Waals surface area contributed by atoms with Gasteiger partial charge in [0.2, 0.25) is 5.89 Å². The number of pyridine rings is 1. The molecule has 2 N–H and O–H groups in total. The maximum atomic E-state index is 10.6. The van der Waals surface area contributed by atoms with Crippen LogP contribution in [0.2, 0.25) is 0 Å². The first-order chi connectivity index (χ1) is 17.6. The number of carbonyl (C=O) groups is 2. The maximum Gasteiger partial charge on any atom is 0.490 e. The van der Waals surface area contributed by atoms with E-state index in [1.807, 2.05) is 25.4 Å². The summed E-state index contributed by atoms with van der Waals surface area (Å²) < 4.78 is 75.3. The maximum absolute atomic E-state index is 10.6. The van der Waals surface area contributed by atoms with Crippen molar-refractivity contribution in [3.8, 4) is 0 Å². The largest absolute Gasteiger partial charge is 0.490 e. The molecule has 0 saturated carbocycles. The highest BCUT2D eigenvalue weighted by Gasteiger charge is 2.42. The van der Waals surface area contributed by atoms with Crippen LogP contribution < -0.4 is 4.90 Å². The van der Waals surface area contributed by atoms with Gasteiger partial charge in [-0.15, -0.1) is 5.10 Å². The van der Waals surface area contributed by atoms with Crippen molar-refractivity contribution in [3.05, 3.63) is 36.0 Å². The number of aryl methyl sites for hydroxylation is 1. The molecule has 2 aromatic rings. The molecule has 1 atom stereocenters. The van der Waals surface area contributed by atoms with Crippen LogP contribution in [0.15, 0.2) is 28.9 Å². The molecule has 2 saturated heterocycles. The lowest BCUT2D eigenvalue weighted by Crippen LogP contribution is -2.59. The van der Waals surface area contributed by atoms with Gasteiger partial charge in [-0.25, -0.2) is 9.59 Å². The molecule has 1 spiro atoms. The van der Waals surface area contributed by atoms with E-state index in [9.17, 15) is 26.3 Å². The van der Waals surface area contributed by atoms with Gasteiger partial charge in [0.15, 0.2) is 0 Å². The number of aliphatic carboxylic acids is 2. The molecule has 2 fully saturated rings. The molecule has 0 radical (unpaired) electrons. The minimum Gasteiger partial charge on any atom is -0.475 e. The van der Waals surface area contributed by atoms with Crippen LogP contribution in [0.1, 0.15) is 24.3 Å². The monoisotopic (exact) mass is 557 g/mol. The second-order valence-corrected chi connectivity index (χ2v) is 8.34. The summed E-state index contributed by atoms with van der Waals surface area (Å²) in [4.78, 5) is 26.6. The van der Waals surface area contributed by atoms with E-state index in [2.05, 4.69) is 31.0 Å². The third-order valence-corrected chi connectivity index (χ3v) is 5.27. The van der Waals surface area contributed by atoms with Crippen molar-refractivity contribution in [2.75, 3.05) is 37.7 Å². The van der Waals surface area contributed by atoms with Gasteiger partial charge in [0.1, 0.15) is 0 Å². The first kappa shape index (κ1) is 30.8. The fourth-order valence-corrected chi connectivity index (χ4v) is 3.73. The fourth-order valence-electron chi connectivity index (χ4n) is 3.73. The van der Waals surface area contributed by atoms with Crippen LogP contribution in [-0.2, 0) is 20.9 Å². The summed E-state index contributed by atoms with van der Waals surface area (Å²) >= 11 is 0. The quantitative estimate of drug-likeness (QED) is 0.538. The van der Waals surface area contributed by atoms with E-state index in [0.717, 1.165) is 52.2 Å². The van der Waals surface area contributed by atoms with Gasteiger partial charge in [-0.3, -0.25) is 9.88 Å². The number of morpholine rings is 1. The third kappa shape index (κ3) is 9.77. The second kappa shape index (κ2) is 12.9. The van der Waals surface area contributed by atoms with Crippen LogP contribution in [-0.4, -0.2) is 93.0 Å². The molecule has 212 valence electrons. The number of piperidine rings is 1. The molecule has 2 aliphatic heterocycles. The minimum absolute atomic E-state index is 0.152. The number of nitrogens with zero attached hydrogens (tertiary/aromatic N) is 5. The Morgan fingerprint density at radius 3 is 2.18 bits per heavy atom. The molecular weight excluding hydrogens is 532 g/mol. The number of hydrogen-bond acceptors (Lipinski definition) is 9. The van der Waals surface area contributed by atoms with E-state index in [0.29, 0.717) is 11.9 Å². The normalized spacial score (nSPS) is 20.1. The number of aromatic nitrogens is 3. The van der Waals surface area contributed by atoms with Crippen molar-refractivity contribution < 1.29 is 55.3 Å². The van der Waals surface area contributed by atoms with Crippen LogP contribution in [0.4, 0.5) is 32.4 Å². The number of carboxylic acid groups (broad SMARTS) is 2. The molecule has 2 aliphatic rings. The summed E-state index contributed by atoms with van der Waals surface area (Å²) in [6.45, 7) is 7.12. The van der Waals surface area contributed by atoms with Gasteiger partial charge in [-0.05, 0) is 24.5 Å². The first-order valence-corrected chi connectivity index (χ1v) is 11.0. The highest BCUT2D eigenvalue weighted by molar-refractivity contribution is 5.73. The molecular formula is C21H25F6N5O6. The molecule has 11 nitrogen and oxygen atoms in total. The minimum atomic E-state index is -5.08. The zero-order valence-corrected chi connectivity index (χ0v) is 20.0. The van der Waals surface area contributed by atoms with Crippen LogP contribution in [0.25, 0.3) is 0 Å². The van der Waals surface area contributed by atoms with Crippen molar-refractivity contribution in [2.45, 2.75) is 44.3 Å². The van der Waals surface area contributed by atoms with Crippen molar-refractivity contribution in [1.82, 2.24) is 20.1 Å². The van der Waals surface area contributed by atoms with Crippen molar-refractivity contribution in [3.63, 3.8) is 0 Å². The lowest BCUT2D eigenvalue weighted by molar-refractivity contribution is -0.193. The highest BCUT2D eigenvalue weighted by atomic mass is 19.4.